The lowest BCUT2D eigenvalue weighted by atomic mass is 10.1. The SMILES string of the molecule is O=C(Nc1ccc2ccc(S(=O)(=O)Nc3ccc(C(=O)O)cc3)cc2c1)Nc1ccc2ccc(S(=O)(=O)Nc3ccc(Cl)c(C(=O)O)c3)cc2c1. The summed E-state index contributed by atoms with van der Waals surface area (Å²) in [5.41, 5.74) is 0.656. The van der Waals surface area contributed by atoms with E-state index in [0.717, 1.165) is 6.07 Å². The molecule has 6 rings (SSSR count). The molecule has 0 atom stereocenters. The smallest absolute Gasteiger partial charge is 0.337 e. The number of benzene rings is 6. The van der Waals surface area contributed by atoms with Gasteiger partial charge < -0.3 is 20.8 Å². The molecule has 51 heavy (non-hydrogen) atoms. The number of aromatic carboxylic acids is 2. The van der Waals surface area contributed by atoms with Crippen molar-refractivity contribution in [1.82, 2.24) is 0 Å². The first-order valence-corrected chi connectivity index (χ1v) is 18.1. The monoisotopic (exact) mass is 744 g/mol. The van der Waals surface area contributed by atoms with Crippen molar-refractivity contribution in [3.63, 3.8) is 0 Å². The van der Waals surface area contributed by atoms with Crippen molar-refractivity contribution in [3.8, 4) is 0 Å². The maximum absolute atomic E-state index is 13.1. The highest BCUT2D eigenvalue weighted by Crippen LogP contribution is 2.28. The number of carboxylic acid groups (broad SMARTS) is 2. The van der Waals surface area contributed by atoms with E-state index >= 15 is 0 Å². The number of carbonyl (C=O) groups is 3. The van der Waals surface area contributed by atoms with Crippen LogP contribution in [0.25, 0.3) is 21.5 Å². The van der Waals surface area contributed by atoms with E-state index in [-0.39, 0.29) is 37.3 Å². The van der Waals surface area contributed by atoms with Crippen LogP contribution in [0.5, 0.6) is 0 Å². The number of nitrogens with one attached hydrogen (secondary N) is 4. The zero-order valence-corrected chi connectivity index (χ0v) is 28.3. The largest absolute Gasteiger partial charge is 0.478 e. The number of hydrogen-bond donors (Lipinski definition) is 6. The van der Waals surface area contributed by atoms with E-state index in [1.54, 1.807) is 48.5 Å². The van der Waals surface area contributed by atoms with Gasteiger partial charge in [0.2, 0.25) is 0 Å². The third-order valence-electron chi connectivity index (χ3n) is 7.59. The van der Waals surface area contributed by atoms with E-state index in [0.29, 0.717) is 32.9 Å². The summed E-state index contributed by atoms with van der Waals surface area (Å²) < 4.78 is 57.2. The average Bonchev–Trinajstić information content (AvgIpc) is 3.08. The van der Waals surface area contributed by atoms with Gasteiger partial charge in [-0.05, 0) is 113 Å². The molecule has 0 heterocycles. The highest BCUT2D eigenvalue weighted by atomic mass is 35.5. The fourth-order valence-electron chi connectivity index (χ4n) is 5.09. The van der Waals surface area contributed by atoms with E-state index in [2.05, 4.69) is 20.1 Å². The minimum Gasteiger partial charge on any atom is -0.478 e. The summed E-state index contributed by atoms with van der Waals surface area (Å²) in [5.74, 6) is -2.45. The van der Waals surface area contributed by atoms with Crippen LogP contribution in [0, 0.1) is 0 Å². The van der Waals surface area contributed by atoms with Crippen molar-refractivity contribution in [2.45, 2.75) is 9.79 Å². The van der Waals surface area contributed by atoms with E-state index in [1.165, 1.54) is 60.7 Å². The van der Waals surface area contributed by atoms with Gasteiger partial charge >= 0.3 is 18.0 Å². The van der Waals surface area contributed by atoms with Gasteiger partial charge in [0.25, 0.3) is 20.0 Å². The fraction of sp³-hybridized carbons (Fsp3) is 0. The lowest BCUT2D eigenvalue weighted by Crippen LogP contribution is -2.19. The number of sulfonamides is 2. The maximum atomic E-state index is 13.1. The van der Waals surface area contributed by atoms with Crippen molar-refractivity contribution in [1.29, 1.82) is 0 Å². The molecule has 0 saturated carbocycles. The van der Waals surface area contributed by atoms with Gasteiger partial charge in [-0.1, -0.05) is 35.9 Å². The van der Waals surface area contributed by atoms with Gasteiger partial charge in [-0.3, -0.25) is 9.44 Å². The molecule has 0 aromatic heterocycles. The second kappa shape index (κ2) is 13.6. The Morgan fingerprint density at radius 1 is 0.490 bits per heavy atom. The van der Waals surface area contributed by atoms with Gasteiger partial charge in [0.15, 0.2) is 0 Å². The van der Waals surface area contributed by atoms with Crippen molar-refractivity contribution < 1.29 is 41.4 Å². The van der Waals surface area contributed by atoms with Gasteiger partial charge in [-0.25, -0.2) is 31.2 Å². The molecule has 0 aliphatic heterocycles. The molecule has 0 spiro atoms. The zero-order chi connectivity index (χ0) is 36.5. The molecule has 6 N–H and O–H groups in total. The Morgan fingerprint density at radius 2 is 0.941 bits per heavy atom. The average molecular weight is 745 g/mol. The Hall–Kier alpha value is -6.16. The molecule has 0 aliphatic carbocycles. The van der Waals surface area contributed by atoms with Crippen LogP contribution < -0.4 is 20.1 Å². The first kappa shape index (κ1) is 34.7. The van der Waals surface area contributed by atoms with E-state index in [9.17, 15) is 36.3 Å². The fourth-order valence-corrected chi connectivity index (χ4v) is 7.47. The molecular formula is C35H25ClN4O9S2. The molecule has 0 radical (unpaired) electrons. The second-order valence-electron chi connectivity index (χ2n) is 11.1. The molecule has 16 heteroatoms. The Labute approximate surface area is 295 Å². The van der Waals surface area contributed by atoms with Crippen molar-refractivity contribution in [2.75, 3.05) is 20.1 Å². The van der Waals surface area contributed by atoms with Crippen LogP contribution in [0.1, 0.15) is 20.7 Å². The summed E-state index contributed by atoms with van der Waals surface area (Å²) in [6, 6.07) is 27.1. The molecular weight excluding hydrogens is 720 g/mol. The molecule has 0 aliphatic rings. The number of fused-ring (bicyclic) bond motifs is 2. The highest BCUT2D eigenvalue weighted by molar-refractivity contribution is 7.93. The van der Waals surface area contributed by atoms with Crippen LogP contribution in [-0.4, -0.2) is 45.0 Å². The molecule has 6 aromatic rings. The van der Waals surface area contributed by atoms with Crippen molar-refractivity contribution in [2.24, 2.45) is 0 Å². The number of rotatable bonds is 10. The van der Waals surface area contributed by atoms with Crippen molar-refractivity contribution >= 4 is 93.9 Å². The summed E-state index contributed by atoms with van der Waals surface area (Å²) in [6.45, 7) is 0. The number of anilines is 4. The number of hydrogen-bond acceptors (Lipinski definition) is 7. The van der Waals surface area contributed by atoms with Crippen LogP contribution in [0.4, 0.5) is 27.5 Å². The molecule has 6 aromatic carbocycles. The number of carboxylic acids is 2. The van der Waals surface area contributed by atoms with Crippen molar-refractivity contribution in [3.05, 3.63) is 131 Å². The number of urea groups is 1. The standard InChI is InChI=1S/C35H25ClN4O9S2/c36-32-14-11-28(19-31(32)34(43)44)40-51(48,49)30-13-6-21-2-10-27(16-24(21)18-30)38-35(45)37-26-9-1-20-5-12-29(17-23(20)15-26)50(46,47)39-25-7-3-22(4-8-25)33(41)42/h1-19,39-40H,(H,41,42)(H,43,44)(H2,37,38,45). The first-order valence-electron chi connectivity index (χ1n) is 14.7. The summed E-state index contributed by atoms with van der Waals surface area (Å²) in [4.78, 5) is 35.3. The third kappa shape index (κ3) is 7.86. The second-order valence-corrected chi connectivity index (χ2v) is 14.9. The number of carbonyl (C=O) groups excluding carboxylic acids is 1. The molecule has 0 unspecified atom stereocenters. The maximum Gasteiger partial charge on any atom is 0.337 e. The van der Waals surface area contributed by atoms with Gasteiger partial charge in [-0.2, -0.15) is 0 Å². The normalized spacial score (nSPS) is 11.5. The van der Waals surface area contributed by atoms with Gasteiger partial charge in [0, 0.05) is 22.7 Å². The van der Waals surface area contributed by atoms with Gasteiger partial charge in [0.1, 0.15) is 0 Å². The van der Waals surface area contributed by atoms with E-state index in [1.807, 2.05) is 0 Å². The van der Waals surface area contributed by atoms with Crippen LogP contribution in [0.15, 0.2) is 125 Å². The molecule has 0 saturated heterocycles. The predicted octanol–water partition coefficient (Wildman–Crippen LogP) is 7.29. The summed E-state index contributed by atoms with van der Waals surface area (Å²) >= 11 is 5.89. The summed E-state index contributed by atoms with van der Waals surface area (Å²) in [7, 11) is -8.17. The van der Waals surface area contributed by atoms with Crippen LogP contribution in [-0.2, 0) is 20.0 Å². The Balaban J connectivity index is 1.16. The summed E-state index contributed by atoms with van der Waals surface area (Å²) in [6.07, 6.45) is 0. The Bertz CT molecular complexity index is 2620. The van der Waals surface area contributed by atoms with Crippen LogP contribution >= 0.6 is 11.6 Å². The van der Waals surface area contributed by atoms with Crippen LogP contribution in [0.2, 0.25) is 5.02 Å². The van der Waals surface area contributed by atoms with E-state index < -0.39 is 38.0 Å². The Morgan fingerprint density at radius 3 is 1.43 bits per heavy atom. The third-order valence-corrected chi connectivity index (χ3v) is 10.7. The Kier molecular flexibility index (Phi) is 9.27. The lowest BCUT2D eigenvalue weighted by Gasteiger charge is -2.12. The molecule has 0 bridgehead atoms. The first-order chi connectivity index (χ1) is 24.2. The highest BCUT2D eigenvalue weighted by Gasteiger charge is 2.18. The van der Waals surface area contributed by atoms with Gasteiger partial charge in [-0.15, -0.1) is 0 Å². The number of amides is 2. The summed E-state index contributed by atoms with van der Waals surface area (Å²) in [5, 5.41) is 26.1. The molecule has 2 amide bonds. The predicted molar refractivity (Wildman–Crippen MR) is 194 cm³/mol. The molecule has 0 fully saturated rings. The van der Waals surface area contributed by atoms with Gasteiger partial charge in [0.05, 0.1) is 25.9 Å². The van der Waals surface area contributed by atoms with Crippen LogP contribution in [0.3, 0.4) is 0 Å². The molecule has 258 valence electrons. The number of halogens is 1. The van der Waals surface area contributed by atoms with E-state index in [4.69, 9.17) is 16.7 Å². The quantitative estimate of drug-likeness (QED) is 0.0831. The minimum absolute atomic E-state index is 0.0110. The lowest BCUT2D eigenvalue weighted by molar-refractivity contribution is 0.0686. The molecule has 13 nitrogen and oxygen atoms in total. The topological polar surface area (TPSA) is 208 Å². The minimum atomic E-state index is -4.13. The zero-order valence-electron chi connectivity index (χ0n) is 25.9.